The van der Waals surface area contributed by atoms with Crippen molar-refractivity contribution in [2.45, 2.75) is 44.2 Å². The van der Waals surface area contributed by atoms with Crippen LogP contribution in [0.2, 0.25) is 10.2 Å². The Morgan fingerprint density at radius 1 is 0.983 bits per heavy atom. The molecule has 60 heavy (non-hydrogen) atoms. The highest BCUT2D eigenvalue weighted by Gasteiger charge is 2.39. The number of carbonyl (C=O) groups is 4. The van der Waals surface area contributed by atoms with Gasteiger partial charge >= 0.3 is 5.97 Å². The van der Waals surface area contributed by atoms with E-state index < -0.39 is 36.0 Å². The van der Waals surface area contributed by atoms with Gasteiger partial charge in [-0.3, -0.25) is 14.4 Å². The Bertz CT molecular complexity index is 2650. The van der Waals surface area contributed by atoms with E-state index in [-0.39, 0.29) is 37.1 Å². The first-order chi connectivity index (χ1) is 29.0. The summed E-state index contributed by atoms with van der Waals surface area (Å²) in [6.45, 7) is 0.239. The van der Waals surface area contributed by atoms with E-state index in [1.165, 1.54) is 16.2 Å². The maximum absolute atomic E-state index is 14.1. The van der Waals surface area contributed by atoms with Gasteiger partial charge in [-0.25, -0.2) is 9.78 Å². The third kappa shape index (κ3) is 8.67. The molecule has 0 saturated heterocycles. The van der Waals surface area contributed by atoms with Crippen molar-refractivity contribution in [3.05, 3.63) is 163 Å². The number of hydrogen-bond donors (Lipinski definition) is 3. The zero-order valence-corrected chi connectivity index (χ0v) is 33.8. The van der Waals surface area contributed by atoms with Gasteiger partial charge in [0.1, 0.15) is 35.3 Å². The average Bonchev–Trinajstić information content (AvgIpc) is 3.81. The summed E-state index contributed by atoms with van der Waals surface area (Å²) in [5.74, 6) is -1.66. The third-order valence-electron chi connectivity index (χ3n) is 10.3. The molecule has 15 heteroatoms. The number of carboxylic acids is 1. The van der Waals surface area contributed by atoms with Gasteiger partial charge in [0.25, 0.3) is 11.8 Å². The molecule has 0 aliphatic carbocycles. The highest BCUT2D eigenvalue weighted by Crippen LogP contribution is 2.40. The molecule has 300 valence electrons. The molecule has 2 aromatic heterocycles. The van der Waals surface area contributed by atoms with Crippen molar-refractivity contribution in [2.75, 3.05) is 5.32 Å². The SMILES string of the molecule is N#Cc1ccc(-c2ccc(C[C@H](NC(=O)C3Cc4cc5c(cc4CN3C(=O)c3cccs3)OC(c3ccc(OCc4cnc(Cl)c(Cl)c4)cc3)C(=O)N5)C(=O)O)cc2)cc1. The molecule has 2 aliphatic heterocycles. The molecule has 0 fully saturated rings. The van der Waals surface area contributed by atoms with Gasteiger partial charge in [-0.05, 0) is 81.7 Å². The molecule has 3 amide bonds. The van der Waals surface area contributed by atoms with Gasteiger partial charge in [-0.1, -0.05) is 77.8 Å². The Kier molecular flexibility index (Phi) is 11.5. The fourth-order valence-corrected chi connectivity index (χ4v) is 8.09. The van der Waals surface area contributed by atoms with E-state index in [4.69, 9.17) is 37.9 Å². The van der Waals surface area contributed by atoms with Crippen LogP contribution in [-0.4, -0.2) is 50.8 Å². The van der Waals surface area contributed by atoms with Crippen LogP contribution in [0.1, 0.15) is 49.2 Å². The fraction of sp³-hybridized carbons (Fsp3) is 0.156. The summed E-state index contributed by atoms with van der Waals surface area (Å²) in [6.07, 6.45) is 0.663. The Morgan fingerprint density at radius 3 is 2.38 bits per heavy atom. The van der Waals surface area contributed by atoms with Crippen molar-refractivity contribution in [3.8, 4) is 28.7 Å². The van der Waals surface area contributed by atoms with E-state index in [1.807, 2.05) is 24.3 Å². The van der Waals surface area contributed by atoms with Gasteiger partial charge in [-0.15, -0.1) is 11.3 Å². The molecule has 12 nitrogen and oxygen atoms in total. The van der Waals surface area contributed by atoms with Crippen molar-refractivity contribution in [1.29, 1.82) is 5.26 Å². The standard InChI is InChI=1S/C45H33Cl2N5O7S/c46-34-16-27(22-49-41(34)47)24-58-33-13-11-30(12-14-33)40-43(54)50-35-18-31-19-37(52(23-32(31)20-38(35)59-40)44(55)39-2-1-15-60-39)42(53)51-36(45(56)57)17-25-3-7-28(8-4-25)29-9-5-26(21-48)6-10-29/h1-16,18,20,22,36-37,40H,17,19,23-24H2,(H,50,54)(H,51,53)(H,56,57)/t36-,37?,40?/m0/s1. The number of ether oxygens (including phenoxy) is 2. The lowest BCUT2D eigenvalue weighted by molar-refractivity contribution is -0.142. The summed E-state index contributed by atoms with van der Waals surface area (Å²) in [7, 11) is 0. The molecular formula is C45H33Cl2N5O7S. The average molecular weight is 859 g/mol. The van der Waals surface area contributed by atoms with Crippen molar-refractivity contribution in [1.82, 2.24) is 15.2 Å². The van der Waals surface area contributed by atoms with E-state index >= 15 is 0 Å². The molecule has 0 saturated carbocycles. The maximum Gasteiger partial charge on any atom is 0.326 e. The van der Waals surface area contributed by atoms with Gasteiger partial charge in [-0.2, -0.15) is 5.26 Å². The highest BCUT2D eigenvalue weighted by molar-refractivity contribution is 7.12. The largest absolute Gasteiger partial charge is 0.489 e. The van der Waals surface area contributed by atoms with Crippen molar-refractivity contribution in [3.63, 3.8) is 0 Å². The summed E-state index contributed by atoms with van der Waals surface area (Å²) in [5.41, 5.74) is 6.17. The maximum atomic E-state index is 14.1. The molecule has 0 spiro atoms. The Morgan fingerprint density at radius 2 is 1.72 bits per heavy atom. The number of amides is 3. The van der Waals surface area contributed by atoms with Crippen LogP contribution in [0.3, 0.4) is 0 Å². The number of aromatic nitrogens is 1. The van der Waals surface area contributed by atoms with Crippen LogP contribution < -0.4 is 20.1 Å². The second-order valence-electron chi connectivity index (χ2n) is 14.2. The summed E-state index contributed by atoms with van der Waals surface area (Å²) in [5, 5.41) is 27.2. The first-order valence-corrected chi connectivity index (χ1v) is 20.3. The Labute approximate surface area is 357 Å². The monoisotopic (exact) mass is 857 g/mol. The van der Waals surface area contributed by atoms with Crippen LogP contribution in [0, 0.1) is 11.3 Å². The lowest BCUT2D eigenvalue weighted by atomic mass is 9.91. The second kappa shape index (κ2) is 17.2. The number of hydrogen-bond acceptors (Lipinski definition) is 9. The lowest BCUT2D eigenvalue weighted by Gasteiger charge is -2.37. The molecule has 4 aromatic carbocycles. The number of aliphatic carboxylic acids is 1. The van der Waals surface area contributed by atoms with E-state index in [9.17, 15) is 24.3 Å². The highest BCUT2D eigenvalue weighted by atomic mass is 35.5. The molecule has 0 bridgehead atoms. The number of carbonyl (C=O) groups excluding carboxylic acids is 3. The summed E-state index contributed by atoms with van der Waals surface area (Å²) in [4.78, 5) is 59.9. The topological polar surface area (TPSA) is 171 Å². The Hall–Kier alpha value is -6.72. The number of anilines is 1. The van der Waals surface area contributed by atoms with Gasteiger partial charge in [0, 0.05) is 36.7 Å². The summed E-state index contributed by atoms with van der Waals surface area (Å²) in [6, 6.07) is 29.7. The molecule has 8 rings (SSSR count). The zero-order chi connectivity index (χ0) is 41.9. The van der Waals surface area contributed by atoms with E-state index in [0.29, 0.717) is 49.3 Å². The third-order valence-corrected chi connectivity index (χ3v) is 11.8. The number of rotatable bonds is 11. The van der Waals surface area contributed by atoms with Crippen LogP contribution in [0.25, 0.3) is 11.1 Å². The second-order valence-corrected chi connectivity index (χ2v) is 15.9. The molecule has 6 aromatic rings. The number of pyridine rings is 1. The fourth-order valence-electron chi connectivity index (χ4n) is 7.12. The van der Waals surface area contributed by atoms with Crippen molar-refractivity contribution >= 4 is 63.9 Å². The van der Waals surface area contributed by atoms with Crippen LogP contribution >= 0.6 is 34.5 Å². The first-order valence-electron chi connectivity index (χ1n) is 18.7. The number of nitrogens with one attached hydrogen (secondary N) is 2. The molecule has 0 radical (unpaired) electrons. The molecule has 3 N–H and O–H groups in total. The predicted molar refractivity (Wildman–Crippen MR) is 225 cm³/mol. The number of fused-ring (bicyclic) bond motifs is 2. The number of carboxylic acid groups (broad SMARTS) is 1. The number of nitriles is 1. The van der Waals surface area contributed by atoms with E-state index in [0.717, 1.165) is 22.3 Å². The minimum atomic E-state index is -1.29. The van der Waals surface area contributed by atoms with E-state index in [1.54, 1.807) is 90.4 Å². The first kappa shape index (κ1) is 40.1. The Balaban J connectivity index is 0.981. The number of halogens is 2. The molecule has 3 atom stereocenters. The normalized spacial score (nSPS) is 15.9. The van der Waals surface area contributed by atoms with Crippen molar-refractivity contribution in [2.24, 2.45) is 0 Å². The molecule has 2 aliphatic rings. The smallest absolute Gasteiger partial charge is 0.326 e. The van der Waals surface area contributed by atoms with Crippen LogP contribution in [0.4, 0.5) is 5.69 Å². The van der Waals surface area contributed by atoms with Gasteiger partial charge in [0.2, 0.25) is 12.0 Å². The zero-order valence-electron chi connectivity index (χ0n) is 31.4. The number of nitrogens with zero attached hydrogens (tertiary/aromatic N) is 3. The van der Waals surface area contributed by atoms with E-state index in [2.05, 4.69) is 21.7 Å². The predicted octanol–water partition coefficient (Wildman–Crippen LogP) is 8.02. The van der Waals surface area contributed by atoms with Crippen LogP contribution in [0.5, 0.6) is 11.5 Å². The van der Waals surface area contributed by atoms with Gasteiger partial charge in [0.05, 0.1) is 27.2 Å². The van der Waals surface area contributed by atoms with Crippen LogP contribution in [0.15, 0.2) is 115 Å². The minimum Gasteiger partial charge on any atom is -0.489 e. The van der Waals surface area contributed by atoms with Crippen LogP contribution in [-0.2, 0) is 40.4 Å². The minimum absolute atomic E-state index is 0.00113. The molecule has 2 unspecified atom stereocenters. The lowest BCUT2D eigenvalue weighted by Crippen LogP contribution is -2.55. The number of benzene rings is 4. The molecule has 4 heterocycles. The van der Waals surface area contributed by atoms with Crippen molar-refractivity contribution < 1.29 is 33.8 Å². The van der Waals surface area contributed by atoms with Gasteiger partial charge in [0.15, 0.2) is 0 Å². The van der Waals surface area contributed by atoms with Gasteiger partial charge < -0.3 is 30.1 Å². The summed E-state index contributed by atoms with van der Waals surface area (Å²) >= 11 is 13.2. The molecular weight excluding hydrogens is 825 g/mol. The summed E-state index contributed by atoms with van der Waals surface area (Å²) < 4.78 is 12.1. The quantitative estimate of drug-likeness (QED) is 0.109. The number of thiophene rings is 1.